The van der Waals surface area contributed by atoms with Crippen molar-refractivity contribution in [3.63, 3.8) is 0 Å². The molecule has 1 aromatic rings. The van der Waals surface area contributed by atoms with Crippen LogP contribution in [0.2, 0.25) is 5.02 Å². The molecule has 102 valence electrons. The molecule has 1 atom stereocenters. The number of aliphatic hydroxyl groups is 1. The number of nitrogens with zero attached hydrogens (tertiary/aromatic N) is 1. The van der Waals surface area contributed by atoms with E-state index in [9.17, 15) is 9.90 Å². The molecule has 0 aromatic heterocycles. The molecule has 1 saturated carbocycles. The summed E-state index contributed by atoms with van der Waals surface area (Å²) in [5, 5.41) is 10.7. The molecule has 1 heterocycles. The molecule has 1 unspecified atom stereocenters. The molecule has 1 amide bonds. The van der Waals surface area contributed by atoms with Gasteiger partial charge in [-0.05, 0) is 43.9 Å². The molecular formula is C15H18ClNO2. The molecule has 0 bridgehead atoms. The van der Waals surface area contributed by atoms with Gasteiger partial charge in [-0.1, -0.05) is 23.7 Å². The topological polar surface area (TPSA) is 40.5 Å². The molecule has 19 heavy (non-hydrogen) atoms. The van der Waals surface area contributed by atoms with Crippen molar-refractivity contribution in [2.75, 3.05) is 13.1 Å². The molecule has 1 saturated heterocycles. The third-order valence-electron chi connectivity index (χ3n) is 4.30. The SMILES string of the molecule is CC1(O)CCN(C(=O)C2(c3ccc(Cl)cc3)CC2)C1. The van der Waals surface area contributed by atoms with Gasteiger partial charge >= 0.3 is 0 Å². The van der Waals surface area contributed by atoms with Crippen LogP contribution in [0, 0.1) is 0 Å². The first-order valence-electron chi connectivity index (χ1n) is 6.71. The predicted octanol–water partition coefficient (Wildman–Crippen LogP) is 2.35. The molecule has 1 aromatic carbocycles. The van der Waals surface area contributed by atoms with Gasteiger partial charge in [0, 0.05) is 18.1 Å². The third-order valence-corrected chi connectivity index (χ3v) is 4.55. The summed E-state index contributed by atoms with van der Waals surface area (Å²) in [7, 11) is 0. The predicted molar refractivity (Wildman–Crippen MR) is 74.2 cm³/mol. The molecule has 1 aliphatic carbocycles. The first kappa shape index (κ1) is 12.9. The summed E-state index contributed by atoms with van der Waals surface area (Å²) in [5.41, 5.74) is -0.0371. The third kappa shape index (κ3) is 2.26. The summed E-state index contributed by atoms with van der Waals surface area (Å²) in [6.07, 6.45) is 2.45. The van der Waals surface area contributed by atoms with Crippen LogP contribution < -0.4 is 0 Å². The van der Waals surface area contributed by atoms with Crippen molar-refractivity contribution in [3.05, 3.63) is 34.9 Å². The second kappa shape index (κ2) is 4.22. The number of hydrogen-bond donors (Lipinski definition) is 1. The summed E-state index contributed by atoms with van der Waals surface area (Å²) in [5.74, 6) is 0.160. The van der Waals surface area contributed by atoms with E-state index < -0.39 is 5.60 Å². The summed E-state index contributed by atoms with van der Waals surface area (Å²) < 4.78 is 0. The van der Waals surface area contributed by atoms with Gasteiger partial charge in [-0.15, -0.1) is 0 Å². The molecule has 3 rings (SSSR count). The Morgan fingerprint density at radius 2 is 1.89 bits per heavy atom. The maximum Gasteiger partial charge on any atom is 0.233 e. The highest BCUT2D eigenvalue weighted by molar-refractivity contribution is 6.30. The Bertz CT molecular complexity index is 505. The maximum absolute atomic E-state index is 12.7. The minimum absolute atomic E-state index is 0.160. The number of carbonyl (C=O) groups excluding carboxylic acids is 1. The number of rotatable bonds is 2. The van der Waals surface area contributed by atoms with Gasteiger partial charge in [0.1, 0.15) is 0 Å². The minimum atomic E-state index is -0.730. The second-order valence-electron chi connectivity index (χ2n) is 6.06. The zero-order chi connectivity index (χ0) is 13.7. The monoisotopic (exact) mass is 279 g/mol. The number of amides is 1. The lowest BCUT2D eigenvalue weighted by Crippen LogP contribution is -2.40. The van der Waals surface area contributed by atoms with Crippen molar-refractivity contribution in [1.82, 2.24) is 4.90 Å². The van der Waals surface area contributed by atoms with E-state index in [1.807, 2.05) is 29.2 Å². The van der Waals surface area contributed by atoms with E-state index in [1.165, 1.54) is 0 Å². The zero-order valence-electron chi connectivity index (χ0n) is 11.0. The van der Waals surface area contributed by atoms with Crippen molar-refractivity contribution in [1.29, 1.82) is 0 Å². The fourth-order valence-electron chi connectivity index (χ4n) is 2.94. The molecule has 0 radical (unpaired) electrons. The Kier molecular flexibility index (Phi) is 2.88. The van der Waals surface area contributed by atoms with Crippen LogP contribution in [0.15, 0.2) is 24.3 Å². The number of likely N-dealkylation sites (tertiary alicyclic amines) is 1. The molecule has 3 nitrogen and oxygen atoms in total. The Labute approximate surface area is 118 Å². The number of β-amino-alcohol motifs (C(OH)–C–C–N with tert-alkyl or cyclic N) is 1. The second-order valence-corrected chi connectivity index (χ2v) is 6.50. The van der Waals surface area contributed by atoms with Gasteiger partial charge in [0.25, 0.3) is 0 Å². The van der Waals surface area contributed by atoms with Gasteiger partial charge in [0.15, 0.2) is 0 Å². The van der Waals surface area contributed by atoms with Crippen LogP contribution in [-0.4, -0.2) is 34.6 Å². The van der Waals surface area contributed by atoms with E-state index in [2.05, 4.69) is 0 Å². The summed E-state index contributed by atoms with van der Waals surface area (Å²) in [6.45, 7) is 2.89. The van der Waals surface area contributed by atoms with Crippen LogP contribution in [0.5, 0.6) is 0 Å². The Balaban J connectivity index is 1.82. The van der Waals surface area contributed by atoms with E-state index in [0.717, 1.165) is 18.4 Å². The molecule has 4 heteroatoms. The first-order valence-corrected chi connectivity index (χ1v) is 7.09. The van der Waals surface area contributed by atoms with E-state index >= 15 is 0 Å². The number of benzene rings is 1. The smallest absolute Gasteiger partial charge is 0.233 e. The lowest BCUT2D eigenvalue weighted by Gasteiger charge is -2.24. The number of halogens is 1. The molecule has 2 fully saturated rings. The highest BCUT2D eigenvalue weighted by atomic mass is 35.5. The van der Waals surface area contributed by atoms with Gasteiger partial charge < -0.3 is 10.0 Å². The quantitative estimate of drug-likeness (QED) is 0.903. The van der Waals surface area contributed by atoms with Gasteiger partial charge in [0.05, 0.1) is 11.0 Å². The maximum atomic E-state index is 12.7. The molecule has 0 spiro atoms. The Morgan fingerprint density at radius 1 is 1.26 bits per heavy atom. The van der Waals surface area contributed by atoms with Crippen LogP contribution in [0.1, 0.15) is 31.7 Å². The summed E-state index contributed by atoms with van der Waals surface area (Å²) in [6, 6.07) is 7.57. The van der Waals surface area contributed by atoms with Crippen LogP contribution >= 0.6 is 11.6 Å². The van der Waals surface area contributed by atoms with Crippen LogP contribution in [0.3, 0.4) is 0 Å². The van der Waals surface area contributed by atoms with E-state index in [0.29, 0.717) is 24.5 Å². The van der Waals surface area contributed by atoms with Gasteiger partial charge in [0.2, 0.25) is 5.91 Å². The van der Waals surface area contributed by atoms with Gasteiger partial charge in [-0.2, -0.15) is 0 Å². The van der Waals surface area contributed by atoms with Crippen LogP contribution in [-0.2, 0) is 10.2 Å². The number of hydrogen-bond acceptors (Lipinski definition) is 2. The van der Waals surface area contributed by atoms with Crippen molar-refractivity contribution in [2.24, 2.45) is 0 Å². The fourth-order valence-corrected chi connectivity index (χ4v) is 3.07. The van der Waals surface area contributed by atoms with Gasteiger partial charge in [-0.25, -0.2) is 0 Å². The van der Waals surface area contributed by atoms with Crippen molar-refractivity contribution >= 4 is 17.5 Å². The number of carbonyl (C=O) groups is 1. The van der Waals surface area contributed by atoms with Gasteiger partial charge in [-0.3, -0.25) is 4.79 Å². The zero-order valence-corrected chi connectivity index (χ0v) is 11.8. The molecule has 2 aliphatic rings. The molecular weight excluding hydrogens is 262 g/mol. The van der Waals surface area contributed by atoms with E-state index in [4.69, 9.17) is 11.6 Å². The van der Waals surface area contributed by atoms with E-state index in [1.54, 1.807) is 6.92 Å². The van der Waals surface area contributed by atoms with E-state index in [-0.39, 0.29) is 11.3 Å². The standard InChI is InChI=1S/C15H18ClNO2/c1-14(19)8-9-17(10-14)13(18)15(6-7-15)11-2-4-12(16)5-3-11/h2-5,19H,6-10H2,1H3. The summed E-state index contributed by atoms with van der Waals surface area (Å²) >= 11 is 5.90. The minimum Gasteiger partial charge on any atom is -0.388 e. The van der Waals surface area contributed by atoms with Crippen LogP contribution in [0.4, 0.5) is 0 Å². The average molecular weight is 280 g/mol. The first-order chi connectivity index (χ1) is 8.93. The Hall–Kier alpha value is -1.06. The normalized spacial score (nSPS) is 28.5. The highest BCUT2D eigenvalue weighted by Gasteiger charge is 2.54. The van der Waals surface area contributed by atoms with Crippen molar-refractivity contribution in [3.8, 4) is 0 Å². The fraction of sp³-hybridized carbons (Fsp3) is 0.533. The molecule has 1 aliphatic heterocycles. The summed E-state index contributed by atoms with van der Waals surface area (Å²) in [4.78, 5) is 14.5. The van der Waals surface area contributed by atoms with Crippen LogP contribution in [0.25, 0.3) is 0 Å². The van der Waals surface area contributed by atoms with Crippen molar-refractivity contribution in [2.45, 2.75) is 37.2 Å². The van der Waals surface area contributed by atoms with Crippen molar-refractivity contribution < 1.29 is 9.90 Å². The average Bonchev–Trinajstić information content (AvgIpc) is 3.09. The Morgan fingerprint density at radius 3 is 2.37 bits per heavy atom. The highest BCUT2D eigenvalue weighted by Crippen LogP contribution is 2.50. The largest absolute Gasteiger partial charge is 0.388 e. The molecule has 1 N–H and O–H groups in total. The lowest BCUT2D eigenvalue weighted by atomic mass is 9.94. The lowest BCUT2D eigenvalue weighted by molar-refractivity contribution is -0.133.